The Labute approximate surface area is 126 Å². The molecule has 8 heteroatoms. The average Bonchev–Trinajstić information content (AvgIpc) is 2.39. The van der Waals surface area contributed by atoms with Gasteiger partial charge in [0.05, 0.1) is 0 Å². The maximum Gasteiger partial charge on any atom is 0.573 e. The highest BCUT2D eigenvalue weighted by molar-refractivity contribution is 5.89. The zero-order valence-corrected chi connectivity index (χ0v) is 12.0. The summed E-state index contributed by atoms with van der Waals surface area (Å²) in [7, 11) is 0. The molecule has 2 rings (SSSR count). The lowest BCUT2D eigenvalue weighted by molar-refractivity contribution is -0.274. The van der Waals surface area contributed by atoms with Crippen LogP contribution in [0.4, 0.5) is 23.7 Å². The van der Waals surface area contributed by atoms with Crippen molar-refractivity contribution in [1.29, 1.82) is 0 Å². The first-order chi connectivity index (χ1) is 10.3. The molecule has 0 aliphatic carbocycles. The van der Waals surface area contributed by atoms with E-state index in [-0.39, 0.29) is 17.8 Å². The normalized spacial score (nSPS) is 22.0. The molecular formula is C14H18F3N3O2. The number of carbonyl (C=O) groups is 1. The van der Waals surface area contributed by atoms with Gasteiger partial charge in [-0.15, -0.1) is 13.2 Å². The third-order valence-electron chi connectivity index (χ3n) is 3.30. The predicted octanol–water partition coefficient (Wildman–Crippen LogP) is 2.85. The van der Waals surface area contributed by atoms with Gasteiger partial charge >= 0.3 is 12.4 Å². The molecule has 1 aromatic rings. The summed E-state index contributed by atoms with van der Waals surface area (Å²) in [6, 6.07) is 5.06. The second-order valence-corrected chi connectivity index (χ2v) is 5.25. The number of rotatable bonds is 3. The van der Waals surface area contributed by atoms with E-state index in [4.69, 9.17) is 0 Å². The summed E-state index contributed by atoms with van der Waals surface area (Å²) < 4.78 is 39.9. The van der Waals surface area contributed by atoms with Gasteiger partial charge in [-0.2, -0.15) is 0 Å². The molecule has 1 fully saturated rings. The minimum absolute atomic E-state index is 0.0871. The Balaban J connectivity index is 1.83. The number of hydrogen-bond acceptors (Lipinski definition) is 3. The Kier molecular flexibility index (Phi) is 5.12. The summed E-state index contributed by atoms with van der Waals surface area (Å²) >= 11 is 0. The largest absolute Gasteiger partial charge is 0.573 e. The average molecular weight is 317 g/mol. The second kappa shape index (κ2) is 6.87. The molecule has 22 heavy (non-hydrogen) atoms. The Bertz CT molecular complexity index is 505. The molecular weight excluding hydrogens is 299 g/mol. The highest BCUT2D eigenvalue weighted by atomic mass is 19.4. The number of urea groups is 1. The lowest BCUT2D eigenvalue weighted by Crippen LogP contribution is -2.47. The summed E-state index contributed by atoms with van der Waals surface area (Å²) in [5, 5.41) is 8.72. The molecule has 0 unspecified atom stereocenters. The first-order valence-electron chi connectivity index (χ1n) is 6.98. The van der Waals surface area contributed by atoms with Crippen molar-refractivity contribution < 1.29 is 22.7 Å². The lowest BCUT2D eigenvalue weighted by Gasteiger charge is -2.28. The van der Waals surface area contributed by atoms with Crippen molar-refractivity contribution in [3.05, 3.63) is 24.3 Å². The third-order valence-corrected chi connectivity index (χ3v) is 3.30. The fourth-order valence-corrected chi connectivity index (χ4v) is 2.36. The van der Waals surface area contributed by atoms with Crippen LogP contribution in [-0.2, 0) is 0 Å². The van der Waals surface area contributed by atoms with Crippen LogP contribution in [0.5, 0.6) is 5.75 Å². The fraction of sp³-hybridized carbons (Fsp3) is 0.500. The van der Waals surface area contributed by atoms with Crippen molar-refractivity contribution in [2.24, 2.45) is 0 Å². The second-order valence-electron chi connectivity index (χ2n) is 5.25. The molecule has 0 saturated carbocycles. The van der Waals surface area contributed by atoms with Crippen LogP contribution in [0.2, 0.25) is 0 Å². The summed E-state index contributed by atoms with van der Waals surface area (Å²) in [5.41, 5.74) is 0.397. The van der Waals surface area contributed by atoms with Gasteiger partial charge in [-0.05, 0) is 50.6 Å². The number of benzene rings is 1. The Hall–Kier alpha value is -1.96. The molecule has 0 aromatic heterocycles. The molecule has 5 nitrogen and oxygen atoms in total. The van der Waals surface area contributed by atoms with Gasteiger partial charge in [0.25, 0.3) is 0 Å². The maximum atomic E-state index is 12.0. The van der Waals surface area contributed by atoms with Gasteiger partial charge in [-0.1, -0.05) is 0 Å². The van der Waals surface area contributed by atoms with Gasteiger partial charge in [0, 0.05) is 17.8 Å². The van der Waals surface area contributed by atoms with E-state index < -0.39 is 6.36 Å². The number of anilines is 1. The number of alkyl halides is 3. The molecule has 2 atom stereocenters. The lowest BCUT2D eigenvalue weighted by atomic mass is 10.0. The number of hydrogen-bond donors (Lipinski definition) is 3. The summed E-state index contributed by atoms with van der Waals surface area (Å²) in [6.45, 7) is 2.89. The van der Waals surface area contributed by atoms with E-state index in [1.54, 1.807) is 0 Å². The van der Waals surface area contributed by atoms with Crippen molar-refractivity contribution in [1.82, 2.24) is 10.6 Å². The van der Waals surface area contributed by atoms with Gasteiger partial charge in [0.2, 0.25) is 0 Å². The number of halogens is 3. The Morgan fingerprint density at radius 3 is 2.59 bits per heavy atom. The minimum atomic E-state index is -4.72. The summed E-state index contributed by atoms with van der Waals surface area (Å²) in [6.07, 6.45) is -3.04. The molecule has 1 aromatic carbocycles. The summed E-state index contributed by atoms with van der Waals surface area (Å²) in [4.78, 5) is 11.8. The molecule has 1 aliphatic heterocycles. The van der Waals surface area contributed by atoms with Crippen LogP contribution in [0.1, 0.15) is 19.8 Å². The summed E-state index contributed by atoms with van der Waals surface area (Å²) in [5.74, 6) is -0.328. The van der Waals surface area contributed by atoms with Crippen LogP contribution in [0.25, 0.3) is 0 Å². The standard InChI is InChI=1S/C14H18F3N3O2/c1-9-8-11(6-7-18-9)20-13(21)19-10-2-4-12(5-3-10)22-14(15,16)17/h2-5,9,11,18H,6-8H2,1H3,(H2,19,20,21)/t9-,11+/m1/s1. The first-order valence-corrected chi connectivity index (χ1v) is 6.98. The highest BCUT2D eigenvalue weighted by Crippen LogP contribution is 2.23. The van der Waals surface area contributed by atoms with Gasteiger partial charge < -0.3 is 20.7 Å². The molecule has 0 bridgehead atoms. The topological polar surface area (TPSA) is 62.4 Å². The molecule has 1 aliphatic rings. The third kappa shape index (κ3) is 5.44. The van der Waals surface area contributed by atoms with Crippen LogP contribution in [0.15, 0.2) is 24.3 Å². The van der Waals surface area contributed by atoms with E-state index in [9.17, 15) is 18.0 Å². The first kappa shape index (κ1) is 16.4. The van der Waals surface area contributed by atoms with Crippen molar-refractivity contribution in [2.75, 3.05) is 11.9 Å². The maximum absolute atomic E-state index is 12.0. The molecule has 1 heterocycles. The molecule has 2 amide bonds. The van der Waals surface area contributed by atoms with E-state index in [0.29, 0.717) is 11.7 Å². The van der Waals surface area contributed by atoms with Gasteiger partial charge in [-0.25, -0.2) is 4.79 Å². The predicted molar refractivity (Wildman–Crippen MR) is 75.8 cm³/mol. The monoisotopic (exact) mass is 317 g/mol. The van der Waals surface area contributed by atoms with Crippen LogP contribution in [-0.4, -0.2) is 31.0 Å². The van der Waals surface area contributed by atoms with Crippen LogP contribution in [0, 0.1) is 0 Å². The van der Waals surface area contributed by atoms with Crippen LogP contribution < -0.4 is 20.7 Å². The van der Waals surface area contributed by atoms with E-state index in [1.807, 2.05) is 6.92 Å². The van der Waals surface area contributed by atoms with Gasteiger partial charge in [0.15, 0.2) is 0 Å². The van der Waals surface area contributed by atoms with E-state index in [2.05, 4.69) is 20.7 Å². The molecule has 122 valence electrons. The molecule has 1 saturated heterocycles. The molecule has 0 spiro atoms. The molecule has 3 N–H and O–H groups in total. The fourth-order valence-electron chi connectivity index (χ4n) is 2.36. The highest BCUT2D eigenvalue weighted by Gasteiger charge is 2.31. The van der Waals surface area contributed by atoms with Crippen molar-refractivity contribution in [3.63, 3.8) is 0 Å². The van der Waals surface area contributed by atoms with Gasteiger partial charge in [-0.3, -0.25) is 0 Å². The molecule has 0 radical (unpaired) electrons. The zero-order chi connectivity index (χ0) is 16.2. The number of carbonyl (C=O) groups excluding carboxylic acids is 1. The van der Waals surface area contributed by atoms with E-state index >= 15 is 0 Å². The van der Waals surface area contributed by atoms with Gasteiger partial charge in [0.1, 0.15) is 5.75 Å². The zero-order valence-electron chi connectivity index (χ0n) is 12.0. The Morgan fingerprint density at radius 1 is 1.32 bits per heavy atom. The van der Waals surface area contributed by atoms with Crippen molar-refractivity contribution in [3.8, 4) is 5.75 Å². The number of piperidine rings is 1. The number of nitrogens with one attached hydrogen (secondary N) is 3. The van der Waals surface area contributed by atoms with E-state index in [1.165, 1.54) is 12.1 Å². The Morgan fingerprint density at radius 2 is 2.00 bits per heavy atom. The van der Waals surface area contributed by atoms with E-state index in [0.717, 1.165) is 31.5 Å². The van der Waals surface area contributed by atoms with Crippen molar-refractivity contribution >= 4 is 11.7 Å². The van der Waals surface area contributed by atoms with Crippen LogP contribution in [0.3, 0.4) is 0 Å². The number of ether oxygens (including phenoxy) is 1. The number of amides is 2. The minimum Gasteiger partial charge on any atom is -0.406 e. The smallest absolute Gasteiger partial charge is 0.406 e. The van der Waals surface area contributed by atoms with Crippen molar-refractivity contribution in [2.45, 2.75) is 38.2 Å². The SMILES string of the molecule is C[C@@H]1C[C@@H](NC(=O)Nc2ccc(OC(F)(F)F)cc2)CCN1. The van der Waals surface area contributed by atoms with Crippen LogP contribution >= 0.6 is 0 Å². The quantitative estimate of drug-likeness (QED) is 0.803.